The Morgan fingerprint density at radius 1 is 1.32 bits per heavy atom. The summed E-state index contributed by atoms with van der Waals surface area (Å²) in [4.78, 5) is 25.2. The maximum atomic E-state index is 12.0. The van der Waals surface area contributed by atoms with Crippen molar-refractivity contribution in [3.63, 3.8) is 0 Å². The van der Waals surface area contributed by atoms with Crippen LogP contribution in [0.2, 0.25) is 0 Å². The normalized spacial score (nSPS) is 17.6. The van der Waals surface area contributed by atoms with Crippen molar-refractivity contribution >= 4 is 17.5 Å². The van der Waals surface area contributed by atoms with Crippen LogP contribution in [0.25, 0.3) is 0 Å². The third-order valence-corrected chi connectivity index (χ3v) is 3.37. The van der Waals surface area contributed by atoms with Crippen molar-refractivity contribution in [3.8, 4) is 0 Å². The van der Waals surface area contributed by atoms with Gasteiger partial charge in [-0.1, -0.05) is 24.8 Å². The lowest BCUT2D eigenvalue weighted by Crippen LogP contribution is -2.51. The molecule has 6 nitrogen and oxygen atoms in total. The number of nitrogens with zero attached hydrogens (tertiary/aromatic N) is 1. The minimum atomic E-state index is -0.616. The zero-order valence-corrected chi connectivity index (χ0v) is 12.5. The Labute approximate surface area is 130 Å². The van der Waals surface area contributed by atoms with Gasteiger partial charge in [0.1, 0.15) is 0 Å². The Morgan fingerprint density at radius 3 is 2.82 bits per heavy atom. The number of rotatable bonds is 6. The highest BCUT2D eigenvalue weighted by atomic mass is 16.5. The number of morpholine rings is 1. The van der Waals surface area contributed by atoms with Gasteiger partial charge in [-0.3, -0.25) is 9.59 Å². The van der Waals surface area contributed by atoms with Crippen molar-refractivity contribution in [2.75, 3.05) is 38.1 Å². The van der Waals surface area contributed by atoms with Gasteiger partial charge in [-0.15, -0.1) is 0 Å². The molecular weight excluding hydrogens is 282 g/mol. The molecule has 1 aliphatic rings. The molecule has 0 unspecified atom stereocenters. The lowest BCUT2D eigenvalue weighted by Gasteiger charge is -2.31. The van der Waals surface area contributed by atoms with Crippen molar-refractivity contribution in [1.82, 2.24) is 10.2 Å². The fourth-order valence-corrected chi connectivity index (χ4v) is 2.20. The van der Waals surface area contributed by atoms with Crippen LogP contribution < -0.4 is 10.6 Å². The van der Waals surface area contributed by atoms with Crippen LogP contribution in [-0.4, -0.2) is 55.6 Å². The van der Waals surface area contributed by atoms with E-state index in [2.05, 4.69) is 17.2 Å². The number of nitrogens with one attached hydrogen (secondary N) is 2. The zero-order chi connectivity index (χ0) is 15.8. The summed E-state index contributed by atoms with van der Waals surface area (Å²) in [5.74, 6) is -0.372. The standard InChI is InChI=1S/C16H21N3O3/c1-2-15(20)19-10-11-22-14(12-19)16(21)18-9-8-17-13-6-4-3-5-7-13/h2-7,14,17H,1,8-12H2,(H,18,21)/t14-/m1/s1. The quantitative estimate of drug-likeness (QED) is 0.597. The second-order valence-corrected chi connectivity index (χ2v) is 4.93. The molecule has 1 atom stereocenters. The number of anilines is 1. The van der Waals surface area contributed by atoms with Crippen molar-refractivity contribution < 1.29 is 14.3 Å². The average molecular weight is 303 g/mol. The fraction of sp³-hybridized carbons (Fsp3) is 0.375. The summed E-state index contributed by atoms with van der Waals surface area (Å²) in [6, 6.07) is 9.77. The van der Waals surface area contributed by atoms with Gasteiger partial charge in [-0.05, 0) is 18.2 Å². The molecule has 0 aromatic heterocycles. The molecule has 1 aromatic carbocycles. The van der Waals surface area contributed by atoms with E-state index >= 15 is 0 Å². The molecule has 1 aromatic rings. The van der Waals surface area contributed by atoms with E-state index in [4.69, 9.17) is 4.74 Å². The summed E-state index contributed by atoms with van der Waals surface area (Å²) < 4.78 is 5.42. The van der Waals surface area contributed by atoms with Crippen LogP contribution in [0.15, 0.2) is 43.0 Å². The number of hydrogen-bond acceptors (Lipinski definition) is 4. The molecule has 2 rings (SSSR count). The largest absolute Gasteiger partial charge is 0.383 e. The highest BCUT2D eigenvalue weighted by Crippen LogP contribution is 2.06. The first-order valence-corrected chi connectivity index (χ1v) is 7.30. The Hall–Kier alpha value is -2.34. The summed E-state index contributed by atoms with van der Waals surface area (Å²) >= 11 is 0. The van der Waals surface area contributed by atoms with Crippen molar-refractivity contribution in [3.05, 3.63) is 43.0 Å². The number of carbonyl (C=O) groups excluding carboxylic acids is 2. The highest BCUT2D eigenvalue weighted by Gasteiger charge is 2.27. The summed E-state index contributed by atoms with van der Waals surface area (Å²) in [5.41, 5.74) is 1.01. The zero-order valence-electron chi connectivity index (χ0n) is 12.5. The Morgan fingerprint density at radius 2 is 2.09 bits per heavy atom. The lowest BCUT2D eigenvalue weighted by molar-refractivity contribution is -0.144. The molecule has 0 radical (unpaired) electrons. The summed E-state index contributed by atoms with van der Waals surface area (Å²) in [7, 11) is 0. The number of carbonyl (C=O) groups is 2. The van der Waals surface area contributed by atoms with Gasteiger partial charge in [-0.2, -0.15) is 0 Å². The van der Waals surface area contributed by atoms with Crippen LogP contribution in [0.4, 0.5) is 5.69 Å². The number of benzene rings is 1. The summed E-state index contributed by atoms with van der Waals surface area (Å²) in [6.07, 6.45) is 0.638. The van der Waals surface area contributed by atoms with Crippen LogP contribution in [0, 0.1) is 0 Å². The maximum absolute atomic E-state index is 12.0. The van der Waals surface area contributed by atoms with E-state index < -0.39 is 6.10 Å². The Bertz CT molecular complexity index is 519. The number of hydrogen-bond donors (Lipinski definition) is 2. The van der Waals surface area contributed by atoms with Gasteiger partial charge in [0.15, 0.2) is 6.10 Å². The number of amides is 2. The van der Waals surface area contributed by atoms with E-state index in [-0.39, 0.29) is 18.4 Å². The van der Waals surface area contributed by atoms with Crippen LogP contribution in [0.5, 0.6) is 0 Å². The smallest absolute Gasteiger partial charge is 0.251 e. The summed E-state index contributed by atoms with van der Waals surface area (Å²) in [6.45, 7) is 5.68. The van der Waals surface area contributed by atoms with E-state index in [0.717, 1.165) is 5.69 Å². The Kier molecular flexibility index (Phi) is 5.97. The highest BCUT2D eigenvalue weighted by molar-refractivity contribution is 5.88. The van der Waals surface area contributed by atoms with Gasteiger partial charge in [0.25, 0.3) is 5.91 Å². The van der Waals surface area contributed by atoms with E-state index in [9.17, 15) is 9.59 Å². The fourth-order valence-electron chi connectivity index (χ4n) is 2.20. The molecule has 22 heavy (non-hydrogen) atoms. The third kappa shape index (κ3) is 4.60. The van der Waals surface area contributed by atoms with Crippen LogP contribution in [-0.2, 0) is 14.3 Å². The topological polar surface area (TPSA) is 70.7 Å². The predicted molar refractivity (Wildman–Crippen MR) is 84.5 cm³/mol. The van der Waals surface area contributed by atoms with Gasteiger partial charge in [-0.25, -0.2) is 0 Å². The van der Waals surface area contributed by atoms with Gasteiger partial charge < -0.3 is 20.3 Å². The van der Waals surface area contributed by atoms with E-state index in [1.54, 1.807) is 4.90 Å². The molecular formula is C16H21N3O3. The Balaban J connectivity index is 1.70. The van der Waals surface area contributed by atoms with Crippen LogP contribution in [0.3, 0.4) is 0 Å². The second-order valence-electron chi connectivity index (χ2n) is 4.93. The molecule has 0 saturated carbocycles. The number of para-hydroxylation sites is 1. The molecule has 0 bridgehead atoms. The van der Waals surface area contributed by atoms with Gasteiger partial charge >= 0.3 is 0 Å². The maximum Gasteiger partial charge on any atom is 0.251 e. The minimum absolute atomic E-state index is 0.174. The second kappa shape index (κ2) is 8.19. The molecule has 1 heterocycles. The molecule has 1 aliphatic heterocycles. The molecule has 2 N–H and O–H groups in total. The minimum Gasteiger partial charge on any atom is -0.383 e. The van der Waals surface area contributed by atoms with Crippen molar-refractivity contribution in [2.24, 2.45) is 0 Å². The number of ether oxygens (including phenoxy) is 1. The van der Waals surface area contributed by atoms with E-state index in [1.807, 2.05) is 30.3 Å². The monoisotopic (exact) mass is 303 g/mol. The molecule has 1 fully saturated rings. The predicted octanol–water partition coefficient (Wildman–Crippen LogP) is 0.628. The van der Waals surface area contributed by atoms with Crippen molar-refractivity contribution in [2.45, 2.75) is 6.10 Å². The van der Waals surface area contributed by atoms with Gasteiger partial charge in [0.05, 0.1) is 13.2 Å². The molecule has 0 spiro atoms. The van der Waals surface area contributed by atoms with Crippen LogP contribution in [0.1, 0.15) is 0 Å². The van der Waals surface area contributed by atoms with Gasteiger partial charge in [0, 0.05) is 25.3 Å². The first kappa shape index (κ1) is 16.0. The average Bonchev–Trinajstić information content (AvgIpc) is 2.59. The molecule has 6 heteroatoms. The van der Waals surface area contributed by atoms with Crippen molar-refractivity contribution in [1.29, 1.82) is 0 Å². The van der Waals surface area contributed by atoms with E-state index in [0.29, 0.717) is 26.2 Å². The summed E-state index contributed by atoms with van der Waals surface area (Å²) in [5, 5.41) is 6.02. The molecule has 1 saturated heterocycles. The molecule has 118 valence electrons. The molecule has 2 amide bonds. The lowest BCUT2D eigenvalue weighted by atomic mass is 10.2. The van der Waals surface area contributed by atoms with Gasteiger partial charge in [0.2, 0.25) is 5.91 Å². The van der Waals surface area contributed by atoms with E-state index in [1.165, 1.54) is 6.08 Å². The first-order valence-electron chi connectivity index (χ1n) is 7.30. The van der Waals surface area contributed by atoms with Crippen LogP contribution >= 0.6 is 0 Å². The SMILES string of the molecule is C=CC(=O)N1CCO[C@@H](C(=O)NCCNc2ccccc2)C1. The molecule has 0 aliphatic carbocycles. The third-order valence-electron chi connectivity index (χ3n) is 3.37. The first-order chi connectivity index (χ1) is 10.7.